The summed E-state index contributed by atoms with van der Waals surface area (Å²) in [6, 6.07) is 34.5. The van der Waals surface area contributed by atoms with Crippen LogP contribution >= 0.6 is 0 Å². The summed E-state index contributed by atoms with van der Waals surface area (Å²) in [5.41, 5.74) is 17.1. The summed E-state index contributed by atoms with van der Waals surface area (Å²) in [6.45, 7) is 38.9. The summed E-state index contributed by atoms with van der Waals surface area (Å²) < 4.78 is 12.7. The predicted octanol–water partition coefficient (Wildman–Crippen LogP) is 16.2. The molecule has 0 bridgehead atoms. The lowest BCUT2D eigenvalue weighted by molar-refractivity contribution is -0.191. The minimum absolute atomic E-state index is 0.0221. The van der Waals surface area contributed by atoms with Gasteiger partial charge in [0.2, 0.25) is 0 Å². The van der Waals surface area contributed by atoms with Gasteiger partial charge in [-0.15, -0.1) is 0 Å². The number of aryl methyl sites for hydroxylation is 6. The van der Waals surface area contributed by atoms with Crippen LogP contribution in [0.15, 0.2) is 103 Å². The van der Waals surface area contributed by atoms with Crippen molar-refractivity contribution in [1.82, 2.24) is 0 Å². The van der Waals surface area contributed by atoms with Gasteiger partial charge in [-0.05, 0) is 198 Å². The summed E-state index contributed by atoms with van der Waals surface area (Å²) >= 11 is 0. The molecular formula is C68H93BO6. The fourth-order valence-corrected chi connectivity index (χ4v) is 11.0. The maximum Gasteiger partial charge on any atom is 0.495 e. The third-order valence-electron chi connectivity index (χ3n) is 17.8. The van der Waals surface area contributed by atoms with E-state index in [1.807, 2.05) is 39.8 Å². The highest BCUT2D eigenvalue weighted by molar-refractivity contribution is 6.62. The van der Waals surface area contributed by atoms with E-state index >= 15 is 0 Å². The van der Waals surface area contributed by atoms with E-state index in [2.05, 4.69) is 200 Å². The number of hydrogen-bond acceptors (Lipinski definition) is 6. The fraction of sp³-hybridized carbons (Fsp3) is 0.485. The average Bonchev–Trinajstić information content (AvgIpc) is 3.62. The van der Waals surface area contributed by atoms with Crippen LogP contribution in [0.4, 0.5) is 0 Å². The molecule has 6 rings (SSSR count). The molecule has 75 heavy (non-hydrogen) atoms. The van der Waals surface area contributed by atoms with Crippen molar-refractivity contribution in [1.29, 1.82) is 0 Å². The molecule has 0 saturated carbocycles. The van der Waals surface area contributed by atoms with Gasteiger partial charge in [-0.2, -0.15) is 9.59 Å². The highest BCUT2D eigenvalue weighted by atomic mass is 16.7. The Bertz CT molecular complexity index is 2750. The number of hydrogen-bond donors (Lipinski definition) is 2. The van der Waals surface area contributed by atoms with Crippen molar-refractivity contribution in [2.24, 2.45) is 0 Å². The monoisotopic (exact) mass is 1020 g/mol. The third-order valence-corrected chi connectivity index (χ3v) is 17.8. The van der Waals surface area contributed by atoms with Gasteiger partial charge in [-0.25, -0.2) is 0 Å². The second-order valence-corrected chi connectivity index (χ2v) is 22.3. The SMILES string of the molecule is CCC(O)(/C=C/c1ccc(C(CC)(CC)c2ccc(B3OC(C)(C)C(C)(C)O3)c(C)c2)cc1C)CC.CCc1cc(-c2ccc(C(CC)(CC)c3ccc(/C=C/C(O)(CC)CC)c(C)c3)cc2C)ccc1C.O=C=O. The second kappa shape index (κ2) is 26.3. The molecule has 1 aliphatic heterocycles. The molecule has 0 radical (unpaired) electrons. The molecule has 2 N–H and O–H groups in total. The van der Waals surface area contributed by atoms with Crippen LogP contribution in [0.25, 0.3) is 23.3 Å². The van der Waals surface area contributed by atoms with Gasteiger partial charge in [0, 0.05) is 10.8 Å². The molecule has 0 aromatic heterocycles. The van der Waals surface area contributed by atoms with Gasteiger partial charge in [0.1, 0.15) is 0 Å². The first-order valence-corrected chi connectivity index (χ1v) is 28.1. The van der Waals surface area contributed by atoms with Gasteiger partial charge in [-0.1, -0.05) is 183 Å². The summed E-state index contributed by atoms with van der Waals surface area (Å²) in [7, 11) is -0.347. The van der Waals surface area contributed by atoms with Crippen LogP contribution in [-0.2, 0) is 36.1 Å². The maximum absolute atomic E-state index is 10.7. The van der Waals surface area contributed by atoms with Gasteiger partial charge in [-0.3, -0.25) is 0 Å². The number of aliphatic hydroxyl groups is 2. The van der Waals surface area contributed by atoms with Crippen molar-refractivity contribution < 1.29 is 29.1 Å². The first kappa shape index (κ1) is 62.4. The Morgan fingerprint density at radius 1 is 0.480 bits per heavy atom. The largest absolute Gasteiger partial charge is 0.495 e. The number of carbonyl (C=O) groups excluding carboxylic acids is 2. The Balaban J connectivity index is 0.000000308. The van der Waals surface area contributed by atoms with E-state index in [9.17, 15) is 10.2 Å². The predicted molar refractivity (Wildman–Crippen MR) is 317 cm³/mol. The molecule has 1 heterocycles. The van der Waals surface area contributed by atoms with Gasteiger partial charge < -0.3 is 19.5 Å². The first-order valence-electron chi connectivity index (χ1n) is 28.1. The fourth-order valence-electron chi connectivity index (χ4n) is 11.0. The van der Waals surface area contributed by atoms with Gasteiger partial charge in [0.15, 0.2) is 0 Å². The zero-order chi connectivity index (χ0) is 56.2. The molecule has 7 heteroatoms. The quantitative estimate of drug-likeness (QED) is 0.0801. The zero-order valence-electron chi connectivity index (χ0n) is 49.4. The van der Waals surface area contributed by atoms with E-state index in [1.165, 1.54) is 72.3 Å². The van der Waals surface area contributed by atoms with Crippen molar-refractivity contribution in [3.8, 4) is 11.1 Å². The Hall–Kier alpha value is -5.14. The summed E-state index contributed by atoms with van der Waals surface area (Å²) in [5.74, 6) is 0. The van der Waals surface area contributed by atoms with Gasteiger partial charge in [0.05, 0.1) is 22.4 Å². The molecule has 0 unspecified atom stereocenters. The number of benzene rings is 5. The minimum Gasteiger partial charge on any atom is -0.399 e. The van der Waals surface area contributed by atoms with Crippen LogP contribution in [-0.4, -0.2) is 45.9 Å². The van der Waals surface area contributed by atoms with Crippen LogP contribution in [0, 0.1) is 34.6 Å². The molecule has 1 aliphatic rings. The first-order chi connectivity index (χ1) is 35.4. The topological polar surface area (TPSA) is 93.1 Å². The van der Waals surface area contributed by atoms with Crippen molar-refractivity contribution in [3.05, 3.63) is 170 Å². The van der Waals surface area contributed by atoms with Crippen molar-refractivity contribution in [3.63, 3.8) is 0 Å². The van der Waals surface area contributed by atoms with E-state index in [4.69, 9.17) is 18.9 Å². The van der Waals surface area contributed by atoms with Crippen LogP contribution in [0.5, 0.6) is 0 Å². The summed E-state index contributed by atoms with van der Waals surface area (Å²) in [5, 5.41) is 21.3. The van der Waals surface area contributed by atoms with E-state index < -0.39 is 11.2 Å². The molecule has 6 nitrogen and oxygen atoms in total. The number of rotatable bonds is 19. The summed E-state index contributed by atoms with van der Waals surface area (Å²) in [6.07, 6.45) is 16.4. The van der Waals surface area contributed by atoms with Crippen LogP contribution < -0.4 is 5.46 Å². The molecule has 0 amide bonds. The Labute approximate surface area is 454 Å². The van der Waals surface area contributed by atoms with Crippen LogP contribution in [0.2, 0.25) is 0 Å². The molecule has 0 aliphatic carbocycles. The average molecular weight is 1020 g/mol. The van der Waals surface area contributed by atoms with E-state index in [-0.39, 0.29) is 35.3 Å². The minimum atomic E-state index is -0.738. The molecule has 5 aromatic rings. The van der Waals surface area contributed by atoms with Gasteiger partial charge >= 0.3 is 13.3 Å². The second-order valence-electron chi connectivity index (χ2n) is 22.3. The lowest BCUT2D eigenvalue weighted by Crippen LogP contribution is -2.41. The molecule has 1 fully saturated rings. The highest BCUT2D eigenvalue weighted by Crippen LogP contribution is 2.43. The molecule has 0 atom stereocenters. The molecule has 5 aromatic carbocycles. The zero-order valence-corrected chi connectivity index (χ0v) is 49.4. The molecule has 1 saturated heterocycles. The molecular weight excluding hydrogens is 924 g/mol. The van der Waals surface area contributed by atoms with Crippen molar-refractivity contribution >= 4 is 30.9 Å². The highest BCUT2D eigenvalue weighted by Gasteiger charge is 2.52. The van der Waals surface area contributed by atoms with E-state index in [1.54, 1.807) is 0 Å². The maximum atomic E-state index is 10.7. The third kappa shape index (κ3) is 13.9. The lowest BCUT2D eigenvalue weighted by atomic mass is 9.68. The molecule has 404 valence electrons. The van der Waals surface area contributed by atoms with Gasteiger partial charge in [0.25, 0.3) is 0 Å². The van der Waals surface area contributed by atoms with Crippen molar-refractivity contribution in [2.45, 2.75) is 216 Å². The Morgan fingerprint density at radius 2 is 0.853 bits per heavy atom. The Kier molecular flexibility index (Phi) is 21.9. The summed E-state index contributed by atoms with van der Waals surface area (Å²) in [4.78, 5) is 16.2. The smallest absolute Gasteiger partial charge is 0.399 e. The Morgan fingerprint density at radius 3 is 1.20 bits per heavy atom. The standard InChI is InChI=1S/C35H46O.C32H47BO3.CO2/c1-9-28-24-30(15-14-25(28)6)33-19-18-32(23-27(33)8)35(12-4,13-5)31-17-16-29(26(7)22-31)20-21-34(36,10-2)11-3;1-11-31(34,12-2)20-19-25-15-16-26(21-23(25)5)32(13-3,14-4)27-17-18-28(24(6)22-27)33-35-29(7,8)30(9,10)36-33;2-1-3/h14-24,36H,9-13H2,1-8H3;15-22,34H,11-14H2,1-10H3;/b21-20+;20-19+;. The molecule has 0 spiro atoms. The lowest BCUT2D eigenvalue weighted by Gasteiger charge is -2.34. The normalized spacial score (nSPS) is 14.6. The van der Waals surface area contributed by atoms with E-state index in [0.717, 1.165) is 56.0 Å². The van der Waals surface area contributed by atoms with Crippen molar-refractivity contribution in [2.75, 3.05) is 0 Å². The van der Waals surface area contributed by atoms with Crippen LogP contribution in [0.1, 0.15) is 208 Å². The van der Waals surface area contributed by atoms with Crippen LogP contribution in [0.3, 0.4) is 0 Å². The van der Waals surface area contributed by atoms with E-state index in [0.29, 0.717) is 12.8 Å².